The highest BCUT2D eigenvalue weighted by molar-refractivity contribution is 6.77. The normalized spacial score (nSPS) is 22.8. The van der Waals surface area contributed by atoms with Gasteiger partial charge in [-0.2, -0.15) is 4.98 Å². The van der Waals surface area contributed by atoms with Crippen LogP contribution in [0.25, 0.3) is 11.2 Å². The molecule has 0 spiro atoms. The number of fused-ring (bicyclic) bond motifs is 1. The molecule has 1 aliphatic rings. The first-order valence-corrected chi connectivity index (χ1v) is 15.0. The van der Waals surface area contributed by atoms with Gasteiger partial charge < -0.3 is 24.1 Å². The van der Waals surface area contributed by atoms with E-state index in [4.69, 9.17) is 13.9 Å². The van der Waals surface area contributed by atoms with Gasteiger partial charge in [0.05, 0.1) is 12.9 Å². The average molecular weight is 540 g/mol. The van der Waals surface area contributed by atoms with Crippen molar-refractivity contribution in [3.8, 4) is 0 Å². The van der Waals surface area contributed by atoms with Crippen molar-refractivity contribution in [2.45, 2.75) is 96.6 Å². The summed E-state index contributed by atoms with van der Waals surface area (Å²) in [6.07, 6.45) is -2.59. The predicted molar refractivity (Wildman–Crippen MR) is 140 cm³/mol. The van der Waals surface area contributed by atoms with Crippen molar-refractivity contribution in [2.75, 3.05) is 18.7 Å². The molecule has 12 nitrogen and oxygen atoms in total. The van der Waals surface area contributed by atoms with E-state index in [0.29, 0.717) is 16.6 Å². The monoisotopic (exact) mass is 539 g/mol. The topological polar surface area (TPSA) is 161 Å². The second kappa shape index (κ2) is 11.7. The van der Waals surface area contributed by atoms with Gasteiger partial charge in [-0.15, -0.1) is 0 Å². The number of nitrogens with zero attached hydrogens (tertiary/aromatic N) is 3. The van der Waals surface area contributed by atoms with Crippen LogP contribution in [0.15, 0.2) is 11.1 Å². The molecule has 4 atom stereocenters. The summed E-state index contributed by atoms with van der Waals surface area (Å²) < 4.78 is 20.0. The molecule has 0 aliphatic carbocycles. The molecule has 1 saturated heterocycles. The number of rotatable bonds is 11. The van der Waals surface area contributed by atoms with Crippen LogP contribution in [0.2, 0.25) is 16.6 Å². The van der Waals surface area contributed by atoms with Crippen LogP contribution in [-0.4, -0.2) is 75.7 Å². The Morgan fingerprint density at radius 2 is 1.81 bits per heavy atom. The van der Waals surface area contributed by atoms with Crippen LogP contribution in [0.1, 0.15) is 61.6 Å². The Bertz CT molecular complexity index is 1110. The zero-order chi connectivity index (χ0) is 27.7. The molecule has 1 aliphatic heterocycles. The summed E-state index contributed by atoms with van der Waals surface area (Å²) in [4.78, 5) is 35.8. The van der Waals surface area contributed by atoms with Crippen molar-refractivity contribution in [1.29, 1.82) is 0 Å². The van der Waals surface area contributed by atoms with Crippen LogP contribution in [-0.2, 0) is 18.7 Å². The Labute approximate surface area is 217 Å². The number of ether oxygens (including phenoxy) is 2. The van der Waals surface area contributed by atoms with Crippen molar-refractivity contribution in [1.82, 2.24) is 19.5 Å². The summed E-state index contributed by atoms with van der Waals surface area (Å²) in [5.74, 6) is -0.661. The summed E-state index contributed by atoms with van der Waals surface area (Å²) in [5, 5.41) is 23.3. The van der Waals surface area contributed by atoms with E-state index >= 15 is 0 Å². The third-order valence-electron chi connectivity index (χ3n) is 7.24. The van der Waals surface area contributed by atoms with Crippen LogP contribution in [0.3, 0.4) is 0 Å². The number of H-pyrrole nitrogens is 1. The fraction of sp³-hybridized carbons (Fsp3) is 0.750. The van der Waals surface area contributed by atoms with Crippen molar-refractivity contribution >= 4 is 31.3 Å². The van der Waals surface area contributed by atoms with E-state index in [-0.39, 0.29) is 35.7 Å². The maximum absolute atomic E-state index is 12.6. The fourth-order valence-electron chi connectivity index (χ4n) is 5.42. The van der Waals surface area contributed by atoms with Gasteiger partial charge in [0.15, 0.2) is 17.4 Å². The molecule has 1 fully saturated rings. The Morgan fingerprint density at radius 3 is 2.35 bits per heavy atom. The molecule has 1 amide bonds. The number of amides is 1. The Morgan fingerprint density at radius 1 is 1.19 bits per heavy atom. The van der Waals surface area contributed by atoms with Crippen molar-refractivity contribution in [3.05, 3.63) is 16.7 Å². The number of aliphatic hydroxyl groups excluding tert-OH is 2. The zero-order valence-electron chi connectivity index (χ0n) is 22.9. The molecule has 13 heteroatoms. The highest BCUT2D eigenvalue weighted by Crippen LogP contribution is 2.42. The molecule has 208 valence electrons. The van der Waals surface area contributed by atoms with Crippen LogP contribution < -0.4 is 10.9 Å². The minimum Gasteiger partial charge on any atom is -0.394 e. The summed E-state index contributed by atoms with van der Waals surface area (Å²) in [6.45, 7) is 16.0. The number of carbonyl (C=O) groups excluding carboxylic acids is 1. The SMILES string of the molecule is CC(C)C(=O)Nc1nc2c(ncn2[C@@H]2O[C@H](CO)[C@@H](O)[C@H]2OCO[Si](C(C)C)(C(C)C)C(C)C)c(=O)[nH]1. The fourth-order valence-corrected chi connectivity index (χ4v) is 10.7. The first-order chi connectivity index (χ1) is 17.3. The lowest BCUT2D eigenvalue weighted by molar-refractivity contribution is -0.118. The summed E-state index contributed by atoms with van der Waals surface area (Å²) in [5.41, 5.74) is 0.666. The maximum atomic E-state index is 12.6. The minimum atomic E-state index is -2.23. The standard InChI is InChI=1S/C24H41N5O7Si/c1-12(2)21(32)27-24-26-20-17(22(33)28-24)25-10-29(20)23-19(18(31)16(9-30)36-23)34-11-35-37(13(3)4,14(5)6)15(7)8/h10,12-16,18-19,23,30-31H,9,11H2,1-8H3,(H2,26,27,28,32,33)/t16-,18-,19-,23-/m1/s1. The second-order valence-electron chi connectivity index (χ2n) is 10.8. The molecule has 2 aromatic heterocycles. The lowest BCUT2D eigenvalue weighted by Gasteiger charge is -2.42. The van der Waals surface area contributed by atoms with E-state index < -0.39 is 45.0 Å². The molecule has 0 bridgehead atoms. The predicted octanol–water partition coefficient (Wildman–Crippen LogP) is 2.50. The first-order valence-electron chi connectivity index (χ1n) is 12.8. The van der Waals surface area contributed by atoms with E-state index in [1.54, 1.807) is 13.8 Å². The quantitative estimate of drug-likeness (QED) is 0.248. The third kappa shape index (κ3) is 5.66. The number of anilines is 1. The molecule has 0 saturated carbocycles. The van der Waals surface area contributed by atoms with Crippen LogP contribution in [0, 0.1) is 5.92 Å². The molecule has 4 N–H and O–H groups in total. The Balaban J connectivity index is 1.92. The van der Waals surface area contributed by atoms with Gasteiger partial charge in [-0.3, -0.25) is 24.5 Å². The average Bonchev–Trinajstić information content (AvgIpc) is 3.36. The Hall–Kier alpha value is -2.16. The van der Waals surface area contributed by atoms with Gasteiger partial charge in [0.25, 0.3) is 5.56 Å². The van der Waals surface area contributed by atoms with E-state index in [1.165, 1.54) is 10.9 Å². The summed E-state index contributed by atoms with van der Waals surface area (Å²) >= 11 is 0. The van der Waals surface area contributed by atoms with Crippen LogP contribution in [0.4, 0.5) is 5.95 Å². The number of nitrogens with one attached hydrogen (secondary N) is 2. The third-order valence-corrected chi connectivity index (χ3v) is 13.3. The molecule has 0 radical (unpaired) electrons. The van der Waals surface area contributed by atoms with Crippen LogP contribution >= 0.6 is 0 Å². The van der Waals surface area contributed by atoms with Gasteiger partial charge in [-0.1, -0.05) is 55.4 Å². The highest BCUT2D eigenvalue weighted by Gasteiger charge is 2.48. The van der Waals surface area contributed by atoms with E-state index in [9.17, 15) is 19.8 Å². The van der Waals surface area contributed by atoms with Gasteiger partial charge in [0, 0.05) is 5.92 Å². The smallest absolute Gasteiger partial charge is 0.280 e. The van der Waals surface area contributed by atoms with Crippen LogP contribution in [0.5, 0.6) is 0 Å². The van der Waals surface area contributed by atoms with Crippen molar-refractivity contribution < 1.29 is 28.9 Å². The maximum Gasteiger partial charge on any atom is 0.280 e. The molecule has 3 heterocycles. The number of hydrogen-bond acceptors (Lipinski definition) is 9. The van der Waals surface area contributed by atoms with Gasteiger partial charge in [0.1, 0.15) is 25.1 Å². The minimum absolute atomic E-state index is 0.0300. The van der Waals surface area contributed by atoms with E-state index in [2.05, 4.69) is 61.8 Å². The molecule has 37 heavy (non-hydrogen) atoms. The van der Waals surface area contributed by atoms with E-state index in [0.717, 1.165) is 0 Å². The van der Waals surface area contributed by atoms with E-state index in [1.807, 2.05) is 0 Å². The van der Waals surface area contributed by atoms with Gasteiger partial charge in [-0.25, -0.2) is 4.98 Å². The number of carbonyl (C=O) groups is 1. The van der Waals surface area contributed by atoms with Crippen molar-refractivity contribution in [3.63, 3.8) is 0 Å². The molecule has 0 unspecified atom stereocenters. The lowest BCUT2D eigenvalue weighted by Crippen LogP contribution is -2.49. The Kier molecular flexibility index (Phi) is 9.30. The lowest BCUT2D eigenvalue weighted by atomic mass is 10.1. The first kappa shape index (κ1) is 29.4. The summed E-state index contributed by atoms with van der Waals surface area (Å²) in [6, 6.07) is 0. The van der Waals surface area contributed by atoms with Gasteiger partial charge >= 0.3 is 0 Å². The summed E-state index contributed by atoms with van der Waals surface area (Å²) in [7, 11) is -2.23. The largest absolute Gasteiger partial charge is 0.394 e. The number of hydrogen-bond donors (Lipinski definition) is 4. The molecule has 2 aromatic rings. The molecular formula is C24H41N5O7Si. The zero-order valence-corrected chi connectivity index (χ0v) is 23.9. The number of aromatic nitrogens is 4. The number of aliphatic hydroxyl groups is 2. The molecule has 3 rings (SSSR count). The highest BCUT2D eigenvalue weighted by atomic mass is 28.4. The van der Waals surface area contributed by atoms with Crippen molar-refractivity contribution in [2.24, 2.45) is 5.92 Å². The number of imidazole rings is 1. The van der Waals surface area contributed by atoms with Gasteiger partial charge in [0.2, 0.25) is 20.2 Å². The number of aromatic amines is 1. The second-order valence-corrected chi connectivity index (χ2v) is 16.3. The molecule has 0 aromatic carbocycles. The molecular weight excluding hydrogens is 498 g/mol. The van der Waals surface area contributed by atoms with Gasteiger partial charge in [-0.05, 0) is 16.6 Å².